The maximum absolute atomic E-state index is 12.1. The minimum absolute atomic E-state index is 0.0465. The van der Waals surface area contributed by atoms with Gasteiger partial charge in [0.05, 0.1) is 15.8 Å². The molecule has 0 atom stereocenters. The third kappa shape index (κ3) is 3.43. The minimum atomic E-state index is -1.08. The Labute approximate surface area is 133 Å². The van der Waals surface area contributed by atoms with E-state index in [1.807, 2.05) is 6.92 Å². The molecule has 1 aromatic heterocycles. The van der Waals surface area contributed by atoms with Gasteiger partial charge < -0.3 is 15.2 Å². The second-order valence-corrected chi connectivity index (χ2v) is 6.61. The summed E-state index contributed by atoms with van der Waals surface area (Å²) in [5.41, 5.74) is 1.51. The molecule has 5 nitrogen and oxygen atoms in total. The highest BCUT2D eigenvalue weighted by atomic mass is 79.9. The van der Waals surface area contributed by atoms with Crippen molar-refractivity contribution >= 4 is 44.8 Å². The number of carbonyl (C=O) groups excluding carboxylic acids is 1. The van der Waals surface area contributed by atoms with Gasteiger partial charge in [-0.3, -0.25) is 4.79 Å². The lowest BCUT2D eigenvalue weighted by molar-refractivity contribution is 0.0693. The van der Waals surface area contributed by atoms with E-state index in [0.717, 1.165) is 9.35 Å². The monoisotopic (exact) mass is 369 g/mol. The quantitative estimate of drug-likeness (QED) is 0.859. The Hall–Kier alpha value is -1.86. The number of thiophene rings is 1. The van der Waals surface area contributed by atoms with Crippen LogP contribution in [0.2, 0.25) is 0 Å². The summed E-state index contributed by atoms with van der Waals surface area (Å²) in [5, 5.41) is 11.7. The van der Waals surface area contributed by atoms with Gasteiger partial charge in [-0.15, -0.1) is 11.3 Å². The van der Waals surface area contributed by atoms with Gasteiger partial charge >= 0.3 is 5.97 Å². The molecule has 1 amide bonds. The summed E-state index contributed by atoms with van der Waals surface area (Å²) in [6, 6.07) is 6.19. The number of ether oxygens (including phenoxy) is 1. The second-order valence-electron chi connectivity index (χ2n) is 4.24. The van der Waals surface area contributed by atoms with Crippen LogP contribution in [-0.4, -0.2) is 24.1 Å². The normalized spacial score (nSPS) is 10.2. The Morgan fingerprint density at radius 2 is 2.05 bits per heavy atom. The molecule has 0 bridgehead atoms. The van der Waals surface area contributed by atoms with Gasteiger partial charge in [0.25, 0.3) is 5.91 Å². The highest BCUT2D eigenvalue weighted by Crippen LogP contribution is 2.29. The number of hydrogen-bond acceptors (Lipinski definition) is 4. The average Bonchev–Trinajstić information content (AvgIpc) is 2.78. The molecule has 0 aliphatic heterocycles. The molecule has 2 aromatic rings. The number of carboxylic acid groups (broad SMARTS) is 1. The molecule has 110 valence electrons. The Kier molecular flexibility index (Phi) is 4.64. The van der Waals surface area contributed by atoms with Crippen LogP contribution >= 0.6 is 27.3 Å². The molecule has 1 aromatic carbocycles. The topological polar surface area (TPSA) is 75.6 Å². The van der Waals surface area contributed by atoms with Crippen LogP contribution in [0.15, 0.2) is 28.1 Å². The fourth-order valence-electron chi connectivity index (χ4n) is 1.71. The van der Waals surface area contributed by atoms with Crippen LogP contribution in [0.1, 0.15) is 25.6 Å². The Morgan fingerprint density at radius 1 is 1.33 bits per heavy atom. The highest BCUT2D eigenvalue weighted by molar-refractivity contribution is 9.11. The summed E-state index contributed by atoms with van der Waals surface area (Å²) in [4.78, 5) is 23.7. The molecule has 0 unspecified atom stereocenters. The molecule has 0 radical (unpaired) electrons. The number of carbonyl (C=O) groups is 2. The number of rotatable bonds is 4. The summed E-state index contributed by atoms with van der Waals surface area (Å²) in [6.45, 7) is 1.90. The van der Waals surface area contributed by atoms with Gasteiger partial charge in [0.1, 0.15) is 11.3 Å². The summed E-state index contributed by atoms with van der Waals surface area (Å²) < 4.78 is 5.93. The van der Waals surface area contributed by atoms with E-state index in [1.165, 1.54) is 36.6 Å². The van der Waals surface area contributed by atoms with E-state index >= 15 is 0 Å². The zero-order valence-electron chi connectivity index (χ0n) is 11.3. The van der Waals surface area contributed by atoms with Crippen molar-refractivity contribution in [2.24, 2.45) is 0 Å². The van der Waals surface area contributed by atoms with Crippen molar-refractivity contribution in [2.75, 3.05) is 12.4 Å². The van der Waals surface area contributed by atoms with E-state index in [9.17, 15) is 9.59 Å². The van der Waals surface area contributed by atoms with Crippen molar-refractivity contribution in [3.8, 4) is 5.75 Å². The highest BCUT2D eigenvalue weighted by Gasteiger charge is 2.14. The number of benzene rings is 1. The third-order valence-corrected chi connectivity index (χ3v) is 4.91. The van der Waals surface area contributed by atoms with Crippen molar-refractivity contribution < 1.29 is 19.4 Å². The van der Waals surface area contributed by atoms with E-state index in [1.54, 1.807) is 6.07 Å². The SMILES string of the molecule is COc1cc(NC(=O)c2cc(C)c(Br)s2)ccc1C(=O)O. The molecule has 7 heteroatoms. The van der Waals surface area contributed by atoms with Crippen LogP contribution in [0.5, 0.6) is 5.75 Å². The summed E-state index contributed by atoms with van der Waals surface area (Å²) in [5.74, 6) is -1.13. The lowest BCUT2D eigenvalue weighted by Crippen LogP contribution is -2.11. The minimum Gasteiger partial charge on any atom is -0.496 e. The van der Waals surface area contributed by atoms with Gasteiger partial charge in [0, 0.05) is 11.8 Å². The van der Waals surface area contributed by atoms with Gasteiger partial charge in [0.2, 0.25) is 0 Å². The smallest absolute Gasteiger partial charge is 0.339 e. The van der Waals surface area contributed by atoms with Crippen molar-refractivity contribution in [1.82, 2.24) is 0 Å². The summed E-state index contributed by atoms with van der Waals surface area (Å²) in [6.07, 6.45) is 0. The maximum atomic E-state index is 12.1. The molecule has 0 aliphatic carbocycles. The standard InChI is InChI=1S/C14H12BrNO4S/c1-7-5-11(21-12(7)15)13(17)16-8-3-4-9(14(18)19)10(6-8)20-2/h3-6H,1-2H3,(H,16,17)(H,18,19). The Morgan fingerprint density at radius 3 is 2.57 bits per heavy atom. The number of carboxylic acids is 1. The van der Waals surface area contributed by atoms with Crippen LogP contribution < -0.4 is 10.1 Å². The number of aryl methyl sites for hydroxylation is 1. The van der Waals surface area contributed by atoms with Crippen LogP contribution in [0.3, 0.4) is 0 Å². The van der Waals surface area contributed by atoms with Crippen molar-refractivity contribution in [3.63, 3.8) is 0 Å². The largest absolute Gasteiger partial charge is 0.496 e. The molecule has 2 N–H and O–H groups in total. The predicted octanol–water partition coefficient (Wildman–Crippen LogP) is 3.78. The van der Waals surface area contributed by atoms with E-state index in [2.05, 4.69) is 21.2 Å². The molecular weight excluding hydrogens is 358 g/mol. The van der Waals surface area contributed by atoms with Gasteiger partial charge in [-0.1, -0.05) is 0 Å². The first-order valence-corrected chi connectivity index (χ1v) is 7.52. The predicted molar refractivity (Wildman–Crippen MR) is 84.7 cm³/mol. The van der Waals surface area contributed by atoms with E-state index in [-0.39, 0.29) is 17.2 Å². The number of amides is 1. The van der Waals surface area contributed by atoms with Crippen LogP contribution in [0, 0.1) is 6.92 Å². The maximum Gasteiger partial charge on any atom is 0.339 e. The number of anilines is 1. The zero-order chi connectivity index (χ0) is 15.6. The van der Waals surface area contributed by atoms with Crippen molar-refractivity contribution in [1.29, 1.82) is 0 Å². The molecule has 0 saturated heterocycles. The Balaban J connectivity index is 2.23. The van der Waals surface area contributed by atoms with Crippen molar-refractivity contribution in [3.05, 3.63) is 44.1 Å². The van der Waals surface area contributed by atoms with Crippen LogP contribution in [0.25, 0.3) is 0 Å². The van der Waals surface area contributed by atoms with Gasteiger partial charge in [-0.05, 0) is 46.6 Å². The number of nitrogens with one attached hydrogen (secondary N) is 1. The molecule has 21 heavy (non-hydrogen) atoms. The number of aromatic carboxylic acids is 1. The van der Waals surface area contributed by atoms with Gasteiger partial charge in [0.15, 0.2) is 0 Å². The first kappa shape index (κ1) is 15.5. The van der Waals surface area contributed by atoms with Gasteiger partial charge in [-0.2, -0.15) is 0 Å². The van der Waals surface area contributed by atoms with E-state index in [0.29, 0.717) is 10.6 Å². The lowest BCUT2D eigenvalue weighted by atomic mass is 10.2. The number of halogens is 1. The molecule has 0 aliphatic rings. The molecular formula is C14H12BrNO4S. The van der Waals surface area contributed by atoms with Gasteiger partial charge in [-0.25, -0.2) is 4.79 Å². The second kappa shape index (κ2) is 6.28. The van der Waals surface area contributed by atoms with E-state index in [4.69, 9.17) is 9.84 Å². The lowest BCUT2D eigenvalue weighted by Gasteiger charge is -2.08. The molecule has 0 fully saturated rings. The molecule has 0 saturated carbocycles. The fourth-order valence-corrected chi connectivity index (χ4v) is 3.14. The summed E-state index contributed by atoms with van der Waals surface area (Å²) >= 11 is 4.71. The molecule has 2 rings (SSSR count). The van der Waals surface area contributed by atoms with E-state index < -0.39 is 5.97 Å². The molecule has 1 heterocycles. The first-order chi connectivity index (χ1) is 9.92. The molecule has 0 spiro atoms. The first-order valence-electron chi connectivity index (χ1n) is 5.91. The third-order valence-electron chi connectivity index (χ3n) is 2.77. The average molecular weight is 370 g/mol. The summed E-state index contributed by atoms with van der Waals surface area (Å²) in [7, 11) is 1.38. The number of hydrogen-bond donors (Lipinski definition) is 2. The van der Waals surface area contributed by atoms with Crippen molar-refractivity contribution in [2.45, 2.75) is 6.92 Å². The fraction of sp³-hybridized carbons (Fsp3) is 0.143. The van der Waals surface area contributed by atoms with Crippen LogP contribution in [0.4, 0.5) is 5.69 Å². The zero-order valence-corrected chi connectivity index (χ0v) is 13.7. The Bertz CT molecular complexity index is 691. The number of methoxy groups -OCH3 is 1. The van der Waals surface area contributed by atoms with Crippen LogP contribution in [-0.2, 0) is 0 Å².